The van der Waals surface area contributed by atoms with Crippen molar-refractivity contribution in [2.24, 2.45) is 0 Å². The van der Waals surface area contributed by atoms with E-state index >= 15 is 0 Å². The van der Waals surface area contributed by atoms with Gasteiger partial charge in [-0.05, 0) is 39.6 Å². The molecule has 0 bridgehead atoms. The fourth-order valence-electron chi connectivity index (χ4n) is 2.81. The minimum Gasteiger partial charge on any atom is -0.377 e. The third-order valence-electron chi connectivity index (χ3n) is 3.86. The number of fused-ring (bicyclic) bond motifs is 2. The molecule has 0 unspecified atom stereocenters. The van der Waals surface area contributed by atoms with E-state index in [-0.39, 0.29) is 6.61 Å². The van der Waals surface area contributed by atoms with Crippen LogP contribution >= 0.6 is 0 Å². The Bertz CT molecular complexity index is 894. The second kappa shape index (κ2) is 7.30. The first-order valence-corrected chi connectivity index (χ1v) is 9.68. The van der Waals surface area contributed by atoms with Crippen molar-refractivity contribution in [1.29, 1.82) is 0 Å². The van der Waals surface area contributed by atoms with Crippen molar-refractivity contribution in [2.45, 2.75) is 13.0 Å². The van der Waals surface area contributed by atoms with Crippen molar-refractivity contribution < 1.29 is 17.3 Å². The summed E-state index contributed by atoms with van der Waals surface area (Å²) >= 11 is 0. The molecule has 0 spiro atoms. The molecule has 4 nitrogen and oxygen atoms in total. The number of ether oxygens (including phenoxy) is 1. The highest BCUT2D eigenvalue weighted by Gasteiger charge is 2.07. The van der Waals surface area contributed by atoms with E-state index < -0.39 is 10.1 Å². The van der Waals surface area contributed by atoms with Crippen LogP contribution in [0.15, 0.2) is 54.6 Å². The molecular weight excluding hydrogens is 324 g/mol. The summed E-state index contributed by atoms with van der Waals surface area (Å²) in [4.78, 5) is 0. The van der Waals surface area contributed by atoms with E-state index in [0.717, 1.165) is 11.8 Å². The van der Waals surface area contributed by atoms with Gasteiger partial charge in [0.25, 0.3) is 10.1 Å². The second-order valence-corrected chi connectivity index (χ2v) is 7.37. The van der Waals surface area contributed by atoms with Gasteiger partial charge < -0.3 is 4.74 Å². The molecule has 0 aliphatic rings. The van der Waals surface area contributed by atoms with Crippen LogP contribution in [0.2, 0.25) is 0 Å². The summed E-state index contributed by atoms with van der Waals surface area (Å²) in [7, 11) is -3.38. The quantitative estimate of drug-likeness (QED) is 0.371. The Labute approximate surface area is 142 Å². The van der Waals surface area contributed by atoms with Crippen LogP contribution in [0.1, 0.15) is 12.0 Å². The van der Waals surface area contributed by atoms with E-state index in [0.29, 0.717) is 19.6 Å². The second-order valence-electron chi connectivity index (χ2n) is 5.73. The van der Waals surface area contributed by atoms with Crippen LogP contribution < -0.4 is 0 Å². The molecule has 0 amide bonds. The van der Waals surface area contributed by atoms with Crippen molar-refractivity contribution >= 4 is 31.7 Å². The maximum Gasteiger partial charge on any atom is 0.264 e. The molecule has 0 saturated heterocycles. The average molecular weight is 344 g/mol. The summed E-state index contributed by atoms with van der Waals surface area (Å²) in [6.07, 6.45) is 1.59. The van der Waals surface area contributed by atoms with Crippen LogP contribution in [0, 0.1) is 0 Å². The highest BCUT2D eigenvalue weighted by molar-refractivity contribution is 7.85. The Morgan fingerprint density at radius 1 is 0.875 bits per heavy atom. The molecule has 0 fully saturated rings. The molecule has 126 valence electrons. The molecule has 0 aliphatic carbocycles. The summed E-state index contributed by atoms with van der Waals surface area (Å²) in [5.74, 6) is 0. The Hall–Kier alpha value is -1.95. The highest BCUT2D eigenvalue weighted by Crippen LogP contribution is 2.28. The molecule has 0 aromatic heterocycles. The Balaban J connectivity index is 1.75. The van der Waals surface area contributed by atoms with Gasteiger partial charge in [0, 0.05) is 6.61 Å². The number of hydrogen-bond donors (Lipinski definition) is 0. The van der Waals surface area contributed by atoms with Crippen molar-refractivity contribution in [1.82, 2.24) is 0 Å². The first-order valence-electron chi connectivity index (χ1n) is 7.86. The molecule has 0 radical (unpaired) electrons. The largest absolute Gasteiger partial charge is 0.377 e. The van der Waals surface area contributed by atoms with Gasteiger partial charge in [0.05, 0.1) is 19.5 Å². The van der Waals surface area contributed by atoms with Gasteiger partial charge in [-0.2, -0.15) is 8.42 Å². The number of hydrogen-bond acceptors (Lipinski definition) is 4. The first kappa shape index (κ1) is 16.9. The van der Waals surface area contributed by atoms with Crippen LogP contribution in [0.4, 0.5) is 0 Å². The fourth-order valence-corrected chi connectivity index (χ4v) is 3.23. The first-order chi connectivity index (χ1) is 11.5. The smallest absolute Gasteiger partial charge is 0.264 e. The van der Waals surface area contributed by atoms with Gasteiger partial charge in [-0.1, -0.05) is 48.5 Å². The van der Waals surface area contributed by atoms with Crippen LogP contribution in [-0.4, -0.2) is 27.9 Å². The minimum atomic E-state index is -3.38. The Morgan fingerprint density at radius 3 is 2.04 bits per heavy atom. The summed E-state index contributed by atoms with van der Waals surface area (Å²) in [5.41, 5.74) is 1.16. The minimum absolute atomic E-state index is 0.148. The third-order valence-corrected chi connectivity index (χ3v) is 4.45. The van der Waals surface area contributed by atoms with Crippen LogP contribution in [-0.2, 0) is 25.6 Å². The van der Waals surface area contributed by atoms with Gasteiger partial charge in [-0.3, -0.25) is 4.18 Å². The molecule has 0 heterocycles. The number of rotatable bonds is 7. The van der Waals surface area contributed by atoms with Gasteiger partial charge in [-0.25, -0.2) is 0 Å². The lowest BCUT2D eigenvalue weighted by atomic mass is 9.97. The molecule has 3 aromatic rings. The average Bonchev–Trinajstić information content (AvgIpc) is 2.56. The monoisotopic (exact) mass is 344 g/mol. The van der Waals surface area contributed by atoms with Gasteiger partial charge >= 0.3 is 0 Å². The standard InChI is InChI=1S/C19H20O4S/c1-24(20,21)23-12-6-11-22-14-19-17-9-4-2-7-15(17)13-16-8-3-5-10-18(16)19/h2-5,7-10,13H,6,11-12,14H2,1H3. The lowest BCUT2D eigenvalue weighted by Gasteiger charge is -2.12. The van der Waals surface area contributed by atoms with Crippen molar-refractivity contribution in [2.75, 3.05) is 19.5 Å². The van der Waals surface area contributed by atoms with Gasteiger partial charge in [-0.15, -0.1) is 0 Å². The van der Waals surface area contributed by atoms with E-state index in [1.807, 2.05) is 24.3 Å². The van der Waals surface area contributed by atoms with Crippen molar-refractivity contribution in [3.05, 3.63) is 60.2 Å². The lowest BCUT2D eigenvalue weighted by Crippen LogP contribution is -2.07. The summed E-state index contributed by atoms with van der Waals surface area (Å²) < 4.78 is 32.3. The van der Waals surface area contributed by atoms with Crippen LogP contribution in [0.25, 0.3) is 21.5 Å². The zero-order chi connectivity index (χ0) is 17.0. The molecule has 5 heteroatoms. The molecule has 0 saturated carbocycles. The lowest BCUT2D eigenvalue weighted by molar-refractivity contribution is 0.109. The van der Waals surface area contributed by atoms with Crippen molar-refractivity contribution in [3.63, 3.8) is 0 Å². The molecular formula is C19H20O4S. The Kier molecular flexibility index (Phi) is 5.14. The Morgan fingerprint density at radius 2 is 1.46 bits per heavy atom. The van der Waals surface area contributed by atoms with Gasteiger partial charge in [0.2, 0.25) is 0 Å². The van der Waals surface area contributed by atoms with E-state index in [1.165, 1.54) is 21.5 Å². The maximum absolute atomic E-state index is 10.9. The number of benzene rings is 3. The maximum atomic E-state index is 10.9. The fraction of sp³-hybridized carbons (Fsp3) is 0.263. The summed E-state index contributed by atoms with van der Waals surface area (Å²) in [5, 5.41) is 4.75. The van der Waals surface area contributed by atoms with Crippen LogP contribution in [0.3, 0.4) is 0 Å². The molecule has 24 heavy (non-hydrogen) atoms. The molecule has 0 N–H and O–H groups in total. The summed E-state index contributed by atoms with van der Waals surface area (Å²) in [6, 6.07) is 18.7. The van der Waals surface area contributed by atoms with Crippen molar-refractivity contribution in [3.8, 4) is 0 Å². The zero-order valence-electron chi connectivity index (χ0n) is 13.6. The molecule has 3 aromatic carbocycles. The SMILES string of the molecule is CS(=O)(=O)OCCCOCc1c2ccccc2cc2ccccc12. The van der Waals surface area contributed by atoms with Crippen LogP contribution in [0.5, 0.6) is 0 Å². The normalized spacial score (nSPS) is 12.0. The van der Waals surface area contributed by atoms with Gasteiger partial charge in [0.15, 0.2) is 0 Å². The van der Waals surface area contributed by atoms with E-state index in [2.05, 4.69) is 30.3 Å². The molecule has 0 atom stereocenters. The predicted octanol–water partition coefficient (Wildman–Crippen LogP) is 3.88. The summed E-state index contributed by atoms with van der Waals surface area (Å²) in [6.45, 7) is 1.09. The van der Waals surface area contributed by atoms with E-state index in [4.69, 9.17) is 8.92 Å². The van der Waals surface area contributed by atoms with E-state index in [1.54, 1.807) is 0 Å². The predicted molar refractivity (Wildman–Crippen MR) is 96.5 cm³/mol. The highest BCUT2D eigenvalue weighted by atomic mass is 32.2. The molecule has 0 aliphatic heterocycles. The topological polar surface area (TPSA) is 52.6 Å². The van der Waals surface area contributed by atoms with E-state index in [9.17, 15) is 8.42 Å². The molecule has 3 rings (SSSR count). The van der Waals surface area contributed by atoms with Gasteiger partial charge in [0.1, 0.15) is 0 Å². The third kappa shape index (κ3) is 4.12. The zero-order valence-corrected chi connectivity index (χ0v) is 14.4.